The summed E-state index contributed by atoms with van der Waals surface area (Å²) >= 11 is 1.82. The molecule has 0 bridgehead atoms. The predicted molar refractivity (Wildman–Crippen MR) is 144 cm³/mol. The zero-order valence-electron chi connectivity index (χ0n) is 18.8. The Hall–Kier alpha value is -1.65. The maximum atomic E-state index is 12.7. The smallest absolute Gasteiger partial charge is 0.227 e. The molecule has 1 fully saturated rings. The van der Waals surface area contributed by atoms with Crippen LogP contribution in [-0.4, -0.2) is 56.5 Å². The van der Waals surface area contributed by atoms with Crippen LogP contribution in [0.1, 0.15) is 42.2 Å². The van der Waals surface area contributed by atoms with Crippen LogP contribution in [0.15, 0.2) is 46.8 Å². The summed E-state index contributed by atoms with van der Waals surface area (Å²) in [6.07, 6.45) is 4.86. The average Bonchev–Trinajstić information content (AvgIpc) is 3.57. The number of hydrogen-bond donors (Lipinski definition) is 2. The topological polar surface area (TPSA) is 60.0 Å². The van der Waals surface area contributed by atoms with Gasteiger partial charge >= 0.3 is 0 Å². The number of halogens is 1. The Morgan fingerprint density at radius 3 is 2.69 bits per heavy atom. The van der Waals surface area contributed by atoms with E-state index >= 15 is 0 Å². The minimum absolute atomic E-state index is 0. The fourth-order valence-corrected chi connectivity index (χ4v) is 5.40. The van der Waals surface area contributed by atoms with Gasteiger partial charge in [-0.3, -0.25) is 14.7 Å². The summed E-state index contributed by atoms with van der Waals surface area (Å²) in [5.74, 6) is 1.02. The van der Waals surface area contributed by atoms with Gasteiger partial charge in [-0.25, -0.2) is 0 Å². The number of aliphatic imine (C=N–C) groups is 1. The summed E-state index contributed by atoms with van der Waals surface area (Å²) in [6.45, 7) is 4.70. The molecule has 1 aromatic heterocycles. The molecule has 1 aromatic carbocycles. The van der Waals surface area contributed by atoms with Gasteiger partial charge in [-0.1, -0.05) is 24.3 Å². The minimum Gasteiger partial charge on any atom is -0.356 e. The van der Waals surface area contributed by atoms with E-state index in [1.165, 1.54) is 23.3 Å². The molecular weight excluding hydrogens is 533 g/mol. The highest BCUT2D eigenvalue weighted by molar-refractivity contribution is 14.0. The highest BCUT2D eigenvalue weighted by Gasteiger charge is 2.25. The van der Waals surface area contributed by atoms with Crippen LogP contribution in [0.2, 0.25) is 0 Å². The number of hydrogen-bond acceptors (Lipinski definition) is 4. The lowest BCUT2D eigenvalue weighted by atomic mass is 10.2. The number of fused-ring (bicyclic) bond motifs is 1. The maximum Gasteiger partial charge on any atom is 0.227 e. The van der Waals surface area contributed by atoms with Crippen molar-refractivity contribution in [3.8, 4) is 0 Å². The number of guanidine groups is 1. The molecule has 0 radical (unpaired) electrons. The molecule has 0 aliphatic carbocycles. The largest absolute Gasteiger partial charge is 0.356 e. The monoisotopic (exact) mass is 567 g/mol. The summed E-state index contributed by atoms with van der Waals surface area (Å²) < 4.78 is 0. The summed E-state index contributed by atoms with van der Waals surface area (Å²) in [4.78, 5) is 22.9. The van der Waals surface area contributed by atoms with E-state index < -0.39 is 0 Å². The molecule has 2 N–H and O–H groups in total. The summed E-state index contributed by atoms with van der Waals surface area (Å²) in [6, 6.07) is 13.0. The van der Waals surface area contributed by atoms with Crippen molar-refractivity contribution >= 4 is 52.9 Å². The van der Waals surface area contributed by atoms with E-state index in [1.54, 1.807) is 7.05 Å². The lowest BCUT2D eigenvalue weighted by Crippen LogP contribution is -2.43. The third-order valence-electron chi connectivity index (χ3n) is 6.19. The van der Waals surface area contributed by atoms with Gasteiger partial charge < -0.3 is 15.5 Å². The van der Waals surface area contributed by atoms with E-state index in [-0.39, 0.29) is 29.9 Å². The van der Waals surface area contributed by atoms with Crippen molar-refractivity contribution < 1.29 is 4.79 Å². The minimum atomic E-state index is 0. The molecule has 1 unspecified atom stereocenters. The Labute approximate surface area is 212 Å². The quantitative estimate of drug-likeness (QED) is 0.219. The number of nitrogens with one attached hydrogen (secondary N) is 2. The molecule has 32 heavy (non-hydrogen) atoms. The van der Waals surface area contributed by atoms with Crippen molar-refractivity contribution in [3.63, 3.8) is 0 Å². The normalized spacial score (nSPS) is 17.0. The fraction of sp³-hybridized carbons (Fsp3) is 0.500. The summed E-state index contributed by atoms with van der Waals surface area (Å²) in [5, 5.41) is 9.03. The second-order valence-corrected chi connectivity index (χ2v) is 9.16. The zero-order valence-corrected chi connectivity index (χ0v) is 21.9. The number of anilines is 1. The molecule has 0 saturated carbocycles. The number of benzene rings is 1. The standard InChI is InChI=1S/C24H33N5OS.HI/c1-25-24(27-18-21(22-10-7-17-31-22)28-14-4-5-15-28)26-13-6-11-23(30)29-16-12-19-8-2-3-9-20(19)29;/h2-3,7-10,17,21H,4-6,11-16,18H2,1H3,(H2,25,26,27);1H. The molecule has 2 aromatic rings. The molecule has 1 saturated heterocycles. The van der Waals surface area contributed by atoms with Gasteiger partial charge in [0.15, 0.2) is 5.96 Å². The van der Waals surface area contributed by atoms with E-state index in [0.717, 1.165) is 57.2 Å². The Morgan fingerprint density at radius 1 is 1.12 bits per heavy atom. The van der Waals surface area contributed by atoms with E-state index in [1.807, 2.05) is 28.4 Å². The Balaban J connectivity index is 0.00000289. The van der Waals surface area contributed by atoms with Gasteiger partial charge in [-0.05, 0) is 61.8 Å². The molecule has 2 aliphatic heterocycles. The van der Waals surface area contributed by atoms with Crippen LogP contribution in [0.5, 0.6) is 0 Å². The first-order valence-corrected chi connectivity index (χ1v) is 12.2. The molecule has 8 heteroatoms. The van der Waals surface area contributed by atoms with Crippen molar-refractivity contribution in [1.29, 1.82) is 0 Å². The molecule has 1 amide bonds. The Morgan fingerprint density at radius 2 is 1.94 bits per heavy atom. The number of rotatable bonds is 8. The summed E-state index contributed by atoms with van der Waals surface area (Å²) in [7, 11) is 1.80. The van der Waals surface area contributed by atoms with Crippen LogP contribution in [0, 0.1) is 0 Å². The lowest BCUT2D eigenvalue weighted by molar-refractivity contribution is -0.118. The third kappa shape index (κ3) is 6.23. The third-order valence-corrected chi connectivity index (χ3v) is 7.16. The van der Waals surface area contributed by atoms with E-state index in [4.69, 9.17) is 0 Å². The molecule has 2 aliphatic rings. The summed E-state index contributed by atoms with van der Waals surface area (Å²) in [5.41, 5.74) is 2.36. The van der Waals surface area contributed by atoms with Gasteiger partial charge in [-0.15, -0.1) is 35.3 Å². The van der Waals surface area contributed by atoms with E-state index in [0.29, 0.717) is 12.5 Å². The Kier molecular flexibility index (Phi) is 9.80. The first-order valence-electron chi connectivity index (χ1n) is 11.4. The number of likely N-dealkylation sites (tertiary alicyclic amines) is 1. The first-order chi connectivity index (χ1) is 15.3. The van der Waals surface area contributed by atoms with Gasteiger partial charge in [0.1, 0.15) is 0 Å². The highest BCUT2D eigenvalue weighted by atomic mass is 127. The van der Waals surface area contributed by atoms with Crippen molar-refractivity contribution in [2.45, 2.75) is 38.1 Å². The molecule has 3 heterocycles. The van der Waals surface area contributed by atoms with Gasteiger partial charge in [0.05, 0.1) is 6.04 Å². The second kappa shape index (κ2) is 12.6. The zero-order chi connectivity index (χ0) is 21.5. The van der Waals surface area contributed by atoms with Gasteiger partial charge in [0.25, 0.3) is 0 Å². The van der Waals surface area contributed by atoms with Crippen LogP contribution in [0.25, 0.3) is 0 Å². The van der Waals surface area contributed by atoms with E-state index in [2.05, 4.69) is 50.2 Å². The molecule has 6 nitrogen and oxygen atoms in total. The van der Waals surface area contributed by atoms with Crippen molar-refractivity contribution in [3.05, 3.63) is 52.2 Å². The predicted octanol–water partition coefficient (Wildman–Crippen LogP) is 4.04. The average molecular weight is 568 g/mol. The van der Waals surface area contributed by atoms with Crippen LogP contribution in [-0.2, 0) is 11.2 Å². The maximum absolute atomic E-state index is 12.7. The first kappa shape index (κ1) is 25.0. The molecule has 1 atom stereocenters. The molecule has 174 valence electrons. The van der Waals surface area contributed by atoms with Gasteiger partial charge in [0.2, 0.25) is 5.91 Å². The second-order valence-electron chi connectivity index (χ2n) is 8.18. The highest BCUT2D eigenvalue weighted by Crippen LogP contribution is 2.29. The molecule has 4 rings (SSSR count). The van der Waals surface area contributed by atoms with Crippen molar-refractivity contribution in [2.24, 2.45) is 4.99 Å². The number of thiophene rings is 1. The molecular formula is C24H34IN5OS. The number of amides is 1. The number of carbonyl (C=O) groups is 1. The van der Waals surface area contributed by atoms with Gasteiger partial charge in [-0.2, -0.15) is 0 Å². The van der Waals surface area contributed by atoms with Gasteiger partial charge in [0, 0.05) is 43.7 Å². The number of carbonyl (C=O) groups excluding carboxylic acids is 1. The van der Waals surface area contributed by atoms with E-state index in [9.17, 15) is 4.79 Å². The molecule has 0 spiro atoms. The SMILES string of the molecule is CN=C(NCCCC(=O)N1CCc2ccccc21)NCC(c1cccs1)N1CCCC1.I. The van der Waals surface area contributed by atoms with Crippen LogP contribution in [0.3, 0.4) is 0 Å². The number of nitrogens with zero attached hydrogens (tertiary/aromatic N) is 3. The van der Waals surface area contributed by atoms with Crippen molar-refractivity contribution in [1.82, 2.24) is 15.5 Å². The Bertz CT molecular complexity index is 882. The van der Waals surface area contributed by atoms with Crippen LogP contribution in [0.4, 0.5) is 5.69 Å². The lowest BCUT2D eigenvalue weighted by Gasteiger charge is -2.27. The van der Waals surface area contributed by atoms with Crippen LogP contribution < -0.4 is 15.5 Å². The number of para-hydroxylation sites is 1. The van der Waals surface area contributed by atoms with Crippen molar-refractivity contribution in [2.75, 3.05) is 44.7 Å². The van der Waals surface area contributed by atoms with Crippen LogP contribution >= 0.6 is 35.3 Å². The fourth-order valence-electron chi connectivity index (χ4n) is 4.54.